The minimum absolute atomic E-state index is 0.217. The Hall–Kier alpha value is -2.40. The average Bonchev–Trinajstić information content (AvgIpc) is 2.55. The van der Waals surface area contributed by atoms with E-state index in [1.807, 2.05) is 24.3 Å². The first-order valence-electron chi connectivity index (χ1n) is 7.13. The van der Waals surface area contributed by atoms with Gasteiger partial charge in [0.1, 0.15) is 18.1 Å². The van der Waals surface area contributed by atoms with Crippen LogP contribution in [0.3, 0.4) is 0 Å². The van der Waals surface area contributed by atoms with Crippen LogP contribution in [0.25, 0.3) is 0 Å². The van der Waals surface area contributed by atoms with Crippen molar-refractivity contribution in [1.29, 1.82) is 0 Å². The van der Waals surface area contributed by atoms with E-state index >= 15 is 0 Å². The number of hydrogen-bond donors (Lipinski definition) is 1. The molecule has 0 aromatic heterocycles. The van der Waals surface area contributed by atoms with Gasteiger partial charge in [0, 0.05) is 17.8 Å². The highest BCUT2D eigenvalue weighted by molar-refractivity contribution is 6.30. The van der Waals surface area contributed by atoms with E-state index in [1.54, 1.807) is 43.3 Å². The molecule has 0 aliphatic rings. The standard InChI is InChI=1S/C17H19ClN2O3/c1-20(17(21)19-14-5-3-4-13(18)12-14)10-11-23-16-8-6-15(22-2)7-9-16/h3-9,12H,10-11H2,1-2H3,(H,19,21). The smallest absolute Gasteiger partial charge is 0.321 e. The van der Waals surface area contributed by atoms with Crippen LogP contribution in [0, 0.1) is 0 Å². The number of likely N-dealkylation sites (N-methyl/N-ethyl adjacent to an activating group) is 1. The lowest BCUT2D eigenvalue weighted by Crippen LogP contribution is -2.34. The van der Waals surface area contributed by atoms with E-state index in [4.69, 9.17) is 21.1 Å². The first kappa shape index (κ1) is 17.0. The highest BCUT2D eigenvalue weighted by Crippen LogP contribution is 2.17. The number of nitrogens with zero attached hydrogens (tertiary/aromatic N) is 1. The van der Waals surface area contributed by atoms with Crippen molar-refractivity contribution in [3.8, 4) is 11.5 Å². The van der Waals surface area contributed by atoms with Crippen LogP contribution in [0.2, 0.25) is 5.02 Å². The van der Waals surface area contributed by atoms with Crippen LogP contribution in [0.15, 0.2) is 48.5 Å². The monoisotopic (exact) mass is 334 g/mol. The summed E-state index contributed by atoms with van der Waals surface area (Å²) in [6.07, 6.45) is 0. The molecule has 23 heavy (non-hydrogen) atoms. The lowest BCUT2D eigenvalue weighted by atomic mass is 10.3. The van der Waals surface area contributed by atoms with Gasteiger partial charge in [0.05, 0.1) is 13.7 Å². The van der Waals surface area contributed by atoms with Crippen LogP contribution in [0.5, 0.6) is 11.5 Å². The lowest BCUT2D eigenvalue weighted by Gasteiger charge is -2.18. The van der Waals surface area contributed by atoms with Crippen molar-refractivity contribution in [2.45, 2.75) is 0 Å². The SMILES string of the molecule is COc1ccc(OCCN(C)C(=O)Nc2cccc(Cl)c2)cc1. The fraction of sp³-hybridized carbons (Fsp3) is 0.235. The van der Waals surface area contributed by atoms with Gasteiger partial charge in [-0.3, -0.25) is 0 Å². The Kier molecular flexibility index (Phi) is 6.11. The summed E-state index contributed by atoms with van der Waals surface area (Å²) in [5.41, 5.74) is 0.658. The van der Waals surface area contributed by atoms with Gasteiger partial charge in [-0.25, -0.2) is 4.79 Å². The molecule has 0 bridgehead atoms. The number of urea groups is 1. The number of halogens is 1. The Balaban J connectivity index is 1.77. The molecular formula is C17H19ClN2O3. The van der Waals surface area contributed by atoms with Gasteiger partial charge >= 0.3 is 6.03 Å². The Bertz CT molecular complexity index is 647. The third-order valence-electron chi connectivity index (χ3n) is 3.18. The molecule has 0 saturated heterocycles. The molecule has 122 valence electrons. The van der Waals surface area contributed by atoms with Crippen molar-refractivity contribution in [3.05, 3.63) is 53.6 Å². The maximum Gasteiger partial charge on any atom is 0.321 e. The van der Waals surface area contributed by atoms with E-state index in [0.29, 0.717) is 23.9 Å². The number of carbonyl (C=O) groups excluding carboxylic acids is 1. The second-order valence-electron chi connectivity index (χ2n) is 4.89. The zero-order valence-electron chi connectivity index (χ0n) is 13.1. The molecule has 0 atom stereocenters. The maximum atomic E-state index is 12.0. The van der Waals surface area contributed by atoms with E-state index in [9.17, 15) is 4.79 Å². The molecule has 2 aromatic rings. The topological polar surface area (TPSA) is 50.8 Å². The van der Waals surface area contributed by atoms with E-state index in [-0.39, 0.29) is 6.03 Å². The second-order valence-corrected chi connectivity index (χ2v) is 5.32. The van der Waals surface area contributed by atoms with Crippen LogP contribution in [0.1, 0.15) is 0 Å². The van der Waals surface area contributed by atoms with E-state index in [1.165, 1.54) is 0 Å². The minimum atomic E-state index is -0.217. The summed E-state index contributed by atoms with van der Waals surface area (Å²) in [5, 5.41) is 3.35. The number of methoxy groups -OCH3 is 1. The molecule has 0 radical (unpaired) electrons. The van der Waals surface area contributed by atoms with Crippen molar-refractivity contribution in [1.82, 2.24) is 4.90 Å². The molecule has 0 saturated carbocycles. The number of ether oxygens (including phenoxy) is 2. The van der Waals surface area contributed by atoms with Crippen LogP contribution < -0.4 is 14.8 Å². The molecule has 6 heteroatoms. The van der Waals surface area contributed by atoms with Gasteiger partial charge in [-0.15, -0.1) is 0 Å². The number of amides is 2. The third-order valence-corrected chi connectivity index (χ3v) is 3.41. The number of hydrogen-bond acceptors (Lipinski definition) is 3. The molecular weight excluding hydrogens is 316 g/mol. The molecule has 1 N–H and O–H groups in total. The van der Waals surface area contributed by atoms with E-state index < -0.39 is 0 Å². The molecule has 5 nitrogen and oxygen atoms in total. The van der Waals surface area contributed by atoms with Crippen LogP contribution >= 0.6 is 11.6 Å². The van der Waals surface area contributed by atoms with E-state index in [0.717, 1.165) is 11.5 Å². The van der Waals surface area contributed by atoms with Crippen molar-refractivity contribution < 1.29 is 14.3 Å². The number of benzene rings is 2. The zero-order valence-corrected chi connectivity index (χ0v) is 13.8. The molecule has 0 fully saturated rings. The zero-order chi connectivity index (χ0) is 16.7. The maximum absolute atomic E-state index is 12.0. The summed E-state index contributed by atoms with van der Waals surface area (Å²) in [5.74, 6) is 1.50. The molecule has 0 aliphatic heterocycles. The van der Waals surface area contributed by atoms with Crippen molar-refractivity contribution in [3.63, 3.8) is 0 Å². The molecule has 2 aromatic carbocycles. The number of anilines is 1. The summed E-state index contributed by atoms with van der Waals surface area (Å²) in [6.45, 7) is 0.851. The van der Waals surface area contributed by atoms with Gasteiger partial charge in [-0.2, -0.15) is 0 Å². The Morgan fingerprint density at radius 2 is 1.87 bits per heavy atom. The molecule has 2 rings (SSSR count). The van der Waals surface area contributed by atoms with Gasteiger partial charge in [0.25, 0.3) is 0 Å². The van der Waals surface area contributed by atoms with E-state index in [2.05, 4.69) is 5.32 Å². The normalized spacial score (nSPS) is 10.0. The number of carbonyl (C=O) groups is 1. The Morgan fingerprint density at radius 1 is 1.17 bits per heavy atom. The molecule has 0 spiro atoms. The first-order valence-corrected chi connectivity index (χ1v) is 7.51. The summed E-state index contributed by atoms with van der Waals surface area (Å²) in [7, 11) is 3.32. The molecule has 2 amide bonds. The van der Waals surface area contributed by atoms with Crippen LogP contribution in [0.4, 0.5) is 10.5 Å². The second kappa shape index (κ2) is 8.29. The predicted octanol–water partition coefficient (Wildman–Crippen LogP) is 3.89. The van der Waals surface area contributed by atoms with Gasteiger partial charge in [-0.1, -0.05) is 17.7 Å². The van der Waals surface area contributed by atoms with Gasteiger partial charge < -0.3 is 19.7 Å². The van der Waals surface area contributed by atoms with Gasteiger partial charge in [-0.05, 0) is 42.5 Å². The fourth-order valence-corrected chi connectivity index (χ4v) is 2.05. The lowest BCUT2D eigenvalue weighted by molar-refractivity contribution is 0.207. The average molecular weight is 335 g/mol. The van der Waals surface area contributed by atoms with Crippen LogP contribution in [-0.4, -0.2) is 38.2 Å². The van der Waals surface area contributed by atoms with Gasteiger partial charge in [0.15, 0.2) is 0 Å². The largest absolute Gasteiger partial charge is 0.497 e. The Labute approximate surface area is 140 Å². The first-order chi connectivity index (χ1) is 11.1. The molecule has 0 unspecified atom stereocenters. The number of nitrogens with one attached hydrogen (secondary N) is 1. The van der Waals surface area contributed by atoms with Crippen molar-refractivity contribution in [2.24, 2.45) is 0 Å². The van der Waals surface area contributed by atoms with Crippen molar-refractivity contribution in [2.75, 3.05) is 32.6 Å². The fourth-order valence-electron chi connectivity index (χ4n) is 1.86. The quantitative estimate of drug-likeness (QED) is 0.871. The minimum Gasteiger partial charge on any atom is -0.497 e. The summed E-state index contributed by atoms with van der Waals surface area (Å²) < 4.78 is 10.7. The summed E-state index contributed by atoms with van der Waals surface area (Å²) >= 11 is 5.89. The highest BCUT2D eigenvalue weighted by atomic mass is 35.5. The van der Waals surface area contributed by atoms with Crippen molar-refractivity contribution >= 4 is 23.3 Å². The number of rotatable bonds is 6. The summed E-state index contributed by atoms with van der Waals surface area (Å²) in [6, 6.07) is 14.1. The summed E-state index contributed by atoms with van der Waals surface area (Å²) in [4.78, 5) is 13.6. The highest BCUT2D eigenvalue weighted by Gasteiger charge is 2.09. The van der Waals surface area contributed by atoms with Crippen LogP contribution in [-0.2, 0) is 0 Å². The molecule has 0 aliphatic carbocycles. The Morgan fingerprint density at radius 3 is 2.52 bits per heavy atom. The molecule has 0 heterocycles. The predicted molar refractivity (Wildman–Crippen MR) is 91.6 cm³/mol. The van der Waals surface area contributed by atoms with Gasteiger partial charge in [0.2, 0.25) is 0 Å². The third kappa shape index (κ3) is 5.38.